The van der Waals surface area contributed by atoms with E-state index in [4.69, 9.17) is 5.11 Å². The number of aliphatic hydroxyl groups is 1. The maximum atomic E-state index is 12.4. The minimum absolute atomic E-state index is 0.0313. The van der Waals surface area contributed by atoms with Crippen molar-refractivity contribution in [2.24, 2.45) is 5.92 Å². The molecule has 1 fully saturated rings. The Hall–Kier alpha value is -0.700. The highest BCUT2D eigenvalue weighted by molar-refractivity contribution is 7.86. The summed E-state index contributed by atoms with van der Waals surface area (Å²) in [6, 6.07) is 0. The molecule has 1 aliphatic rings. The first-order valence-corrected chi connectivity index (χ1v) is 8.31. The topological polar surface area (TPSA) is 87.2 Å². The third-order valence-electron chi connectivity index (χ3n) is 3.56. The van der Waals surface area contributed by atoms with Crippen LogP contribution in [-0.2, 0) is 19.7 Å². The third-order valence-corrected chi connectivity index (χ3v) is 5.67. The number of nitrogens with zero attached hydrogens (tertiary/aromatic N) is 2. The molecule has 0 unspecified atom stereocenters. The van der Waals surface area contributed by atoms with Gasteiger partial charge in [0.15, 0.2) is 0 Å². The van der Waals surface area contributed by atoms with Crippen molar-refractivity contribution in [1.29, 1.82) is 0 Å². The van der Waals surface area contributed by atoms with Gasteiger partial charge in [0.1, 0.15) is 0 Å². The van der Waals surface area contributed by atoms with Crippen molar-refractivity contribution in [2.75, 3.05) is 39.9 Å². The first-order chi connectivity index (χ1) is 9.47. The lowest BCUT2D eigenvalue weighted by Gasteiger charge is -2.33. The van der Waals surface area contributed by atoms with Crippen LogP contribution in [0.15, 0.2) is 0 Å². The molecule has 1 saturated heterocycles. The zero-order valence-corrected chi connectivity index (χ0v) is 12.9. The zero-order chi connectivity index (χ0) is 15.2. The molecule has 0 aliphatic carbocycles. The Bertz CT molecular complexity index is 404. The molecule has 1 aliphatic heterocycles. The highest BCUT2D eigenvalue weighted by atomic mass is 32.2. The number of ether oxygens (including phenoxy) is 1. The third kappa shape index (κ3) is 4.15. The summed E-state index contributed by atoms with van der Waals surface area (Å²) in [6.07, 6.45) is 1.40. The number of methoxy groups -OCH3 is 1. The van der Waals surface area contributed by atoms with Gasteiger partial charge < -0.3 is 9.84 Å². The van der Waals surface area contributed by atoms with Crippen LogP contribution < -0.4 is 0 Å². The second kappa shape index (κ2) is 7.92. The molecule has 0 radical (unpaired) electrons. The standard InChI is InChI=1S/C12H24N2O5S/c1-3-13(7-4-10-15)20(17,18)14-8-5-11(6-9-14)12(16)19-2/h11,15H,3-10H2,1-2H3. The molecular weight excluding hydrogens is 284 g/mol. The van der Waals surface area contributed by atoms with Gasteiger partial charge in [0, 0.05) is 32.8 Å². The number of hydrogen-bond donors (Lipinski definition) is 1. The van der Waals surface area contributed by atoms with Crippen molar-refractivity contribution >= 4 is 16.2 Å². The second-order valence-corrected chi connectivity index (χ2v) is 6.70. The number of carbonyl (C=O) groups is 1. The van der Waals surface area contributed by atoms with Gasteiger partial charge in [-0.15, -0.1) is 0 Å². The lowest BCUT2D eigenvalue weighted by molar-refractivity contribution is -0.146. The fourth-order valence-electron chi connectivity index (χ4n) is 2.34. The predicted molar refractivity (Wildman–Crippen MR) is 74.2 cm³/mol. The minimum atomic E-state index is -3.50. The summed E-state index contributed by atoms with van der Waals surface area (Å²) in [4.78, 5) is 11.4. The molecule has 0 bridgehead atoms. The molecule has 0 amide bonds. The highest BCUT2D eigenvalue weighted by Crippen LogP contribution is 2.22. The average molecular weight is 308 g/mol. The van der Waals surface area contributed by atoms with Gasteiger partial charge >= 0.3 is 5.97 Å². The number of esters is 1. The van der Waals surface area contributed by atoms with Crippen molar-refractivity contribution < 1.29 is 23.1 Å². The molecular formula is C12H24N2O5S. The Morgan fingerprint density at radius 2 is 2.00 bits per heavy atom. The Labute approximate surface area is 120 Å². The molecule has 7 nitrogen and oxygen atoms in total. The number of aliphatic hydroxyl groups excluding tert-OH is 1. The van der Waals surface area contributed by atoms with Crippen molar-refractivity contribution in [3.63, 3.8) is 0 Å². The summed E-state index contributed by atoms with van der Waals surface area (Å²) in [5.41, 5.74) is 0. The summed E-state index contributed by atoms with van der Waals surface area (Å²) in [5.74, 6) is -0.478. The summed E-state index contributed by atoms with van der Waals surface area (Å²) < 4.78 is 32.3. The first-order valence-electron chi connectivity index (χ1n) is 6.91. The van der Waals surface area contributed by atoms with Gasteiger partial charge in [-0.3, -0.25) is 4.79 Å². The fraction of sp³-hybridized carbons (Fsp3) is 0.917. The SMILES string of the molecule is CCN(CCCO)S(=O)(=O)N1CCC(C(=O)OC)CC1. The van der Waals surface area contributed by atoms with E-state index in [1.54, 1.807) is 6.92 Å². The van der Waals surface area contributed by atoms with Crippen molar-refractivity contribution in [2.45, 2.75) is 26.2 Å². The Morgan fingerprint density at radius 1 is 1.40 bits per heavy atom. The van der Waals surface area contributed by atoms with E-state index in [2.05, 4.69) is 4.74 Å². The molecule has 0 aromatic rings. The van der Waals surface area contributed by atoms with E-state index in [1.165, 1.54) is 15.7 Å². The van der Waals surface area contributed by atoms with Crippen LogP contribution in [0.2, 0.25) is 0 Å². The molecule has 1 rings (SSSR count). The van der Waals surface area contributed by atoms with Crippen LogP contribution in [-0.4, -0.2) is 68.0 Å². The van der Waals surface area contributed by atoms with E-state index in [-0.39, 0.29) is 18.5 Å². The molecule has 1 heterocycles. The molecule has 0 aromatic heterocycles. The lowest BCUT2D eigenvalue weighted by Crippen LogP contribution is -2.48. The molecule has 0 aromatic carbocycles. The normalized spacial score (nSPS) is 18.4. The zero-order valence-electron chi connectivity index (χ0n) is 12.1. The van der Waals surface area contributed by atoms with E-state index >= 15 is 0 Å². The van der Waals surface area contributed by atoms with Gasteiger partial charge in [0.2, 0.25) is 0 Å². The molecule has 8 heteroatoms. The molecule has 0 saturated carbocycles. The molecule has 0 atom stereocenters. The van der Waals surface area contributed by atoms with Gasteiger partial charge in [-0.05, 0) is 19.3 Å². The summed E-state index contributed by atoms with van der Waals surface area (Å²) in [5, 5.41) is 8.82. The van der Waals surface area contributed by atoms with Crippen molar-refractivity contribution in [3.8, 4) is 0 Å². The predicted octanol–water partition coefficient (Wildman–Crippen LogP) is -0.179. The summed E-state index contributed by atoms with van der Waals surface area (Å²) in [7, 11) is -2.15. The maximum absolute atomic E-state index is 12.4. The van der Waals surface area contributed by atoms with Crippen LogP contribution in [0.4, 0.5) is 0 Å². The van der Waals surface area contributed by atoms with Gasteiger partial charge in [-0.1, -0.05) is 6.92 Å². The average Bonchev–Trinajstić information content (AvgIpc) is 2.47. The quantitative estimate of drug-likeness (QED) is 0.659. The summed E-state index contributed by atoms with van der Waals surface area (Å²) >= 11 is 0. The smallest absolute Gasteiger partial charge is 0.308 e. The Kier molecular flexibility index (Phi) is 6.87. The number of piperidine rings is 1. The molecule has 20 heavy (non-hydrogen) atoms. The van der Waals surface area contributed by atoms with Crippen LogP contribution in [0.25, 0.3) is 0 Å². The van der Waals surface area contributed by atoms with Crippen LogP contribution in [0.3, 0.4) is 0 Å². The van der Waals surface area contributed by atoms with Crippen molar-refractivity contribution in [1.82, 2.24) is 8.61 Å². The molecule has 1 N–H and O–H groups in total. The fourth-order valence-corrected chi connectivity index (χ4v) is 4.02. The van der Waals surface area contributed by atoms with E-state index < -0.39 is 10.2 Å². The Balaban J connectivity index is 2.63. The van der Waals surface area contributed by atoms with Crippen molar-refractivity contribution in [3.05, 3.63) is 0 Å². The van der Waals surface area contributed by atoms with Crippen LogP contribution in [0, 0.1) is 5.92 Å². The monoisotopic (exact) mass is 308 g/mol. The van der Waals surface area contributed by atoms with Gasteiger partial charge in [-0.25, -0.2) is 0 Å². The molecule has 118 valence electrons. The highest BCUT2D eigenvalue weighted by Gasteiger charge is 2.34. The van der Waals surface area contributed by atoms with Crippen LogP contribution in [0.1, 0.15) is 26.2 Å². The van der Waals surface area contributed by atoms with E-state index in [0.717, 1.165) is 0 Å². The van der Waals surface area contributed by atoms with Crippen LogP contribution >= 0.6 is 0 Å². The largest absolute Gasteiger partial charge is 0.469 e. The van der Waals surface area contributed by atoms with E-state index in [0.29, 0.717) is 45.4 Å². The number of rotatable bonds is 7. The minimum Gasteiger partial charge on any atom is -0.469 e. The van der Waals surface area contributed by atoms with Gasteiger partial charge in [0.25, 0.3) is 10.2 Å². The Morgan fingerprint density at radius 3 is 2.45 bits per heavy atom. The van der Waals surface area contributed by atoms with E-state index in [9.17, 15) is 13.2 Å². The first kappa shape index (κ1) is 17.4. The van der Waals surface area contributed by atoms with Gasteiger partial charge in [-0.2, -0.15) is 17.0 Å². The molecule has 0 spiro atoms. The number of hydrogen-bond acceptors (Lipinski definition) is 5. The van der Waals surface area contributed by atoms with Crippen LogP contribution in [0.5, 0.6) is 0 Å². The van der Waals surface area contributed by atoms with Gasteiger partial charge in [0.05, 0.1) is 13.0 Å². The van der Waals surface area contributed by atoms with E-state index in [1.807, 2.05) is 0 Å². The lowest BCUT2D eigenvalue weighted by atomic mass is 9.99. The maximum Gasteiger partial charge on any atom is 0.308 e. The summed E-state index contributed by atoms with van der Waals surface area (Å²) in [6.45, 7) is 3.09. The second-order valence-electron chi connectivity index (χ2n) is 4.77. The number of carbonyl (C=O) groups excluding carboxylic acids is 1.